The van der Waals surface area contributed by atoms with Gasteiger partial charge in [0.2, 0.25) is 0 Å². The van der Waals surface area contributed by atoms with E-state index < -0.39 is 11.9 Å². The molecule has 2 aliphatic rings. The first-order valence-electron chi connectivity index (χ1n) is 13.9. The maximum atomic E-state index is 14.1. The second-order valence-electron chi connectivity index (χ2n) is 10.4. The highest BCUT2D eigenvalue weighted by molar-refractivity contribution is 9.10. The smallest absolute Gasteiger partial charge is 0.337 e. The van der Waals surface area contributed by atoms with E-state index in [0.717, 1.165) is 16.8 Å². The number of ether oxygens (including phenoxy) is 5. The number of methoxy groups -OCH3 is 4. The molecular weight excluding hydrogens is 614 g/mol. The van der Waals surface area contributed by atoms with Gasteiger partial charge >= 0.3 is 5.97 Å². The number of hydrogen-bond donors (Lipinski definition) is 1. The van der Waals surface area contributed by atoms with E-state index in [4.69, 9.17) is 23.7 Å². The van der Waals surface area contributed by atoms with Crippen molar-refractivity contribution >= 4 is 27.7 Å². The average Bonchev–Trinajstić information content (AvgIpc) is 3.02. The van der Waals surface area contributed by atoms with Crippen LogP contribution in [0.2, 0.25) is 0 Å². The third kappa shape index (κ3) is 5.99. The first-order chi connectivity index (χ1) is 20.8. The normalized spacial score (nSPS) is 18.0. The van der Waals surface area contributed by atoms with Crippen LogP contribution in [0.5, 0.6) is 23.0 Å². The van der Waals surface area contributed by atoms with Crippen molar-refractivity contribution in [2.45, 2.75) is 38.2 Å². The minimum absolute atomic E-state index is 0.0506. The second kappa shape index (κ2) is 13.0. The molecule has 0 radical (unpaired) electrons. The van der Waals surface area contributed by atoms with Gasteiger partial charge in [0.05, 0.1) is 38.5 Å². The van der Waals surface area contributed by atoms with Crippen LogP contribution in [-0.2, 0) is 20.9 Å². The number of esters is 1. The molecule has 0 unspecified atom stereocenters. The Balaban J connectivity index is 1.57. The van der Waals surface area contributed by atoms with Crippen LogP contribution < -0.4 is 24.3 Å². The van der Waals surface area contributed by atoms with Gasteiger partial charge in [-0.05, 0) is 76.1 Å². The van der Waals surface area contributed by atoms with E-state index in [1.54, 1.807) is 28.4 Å². The number of benzene rings is 3. The van der Waals surface area contributed by atoms with Gasteiger partial charge in [-0.15, -0.1) is 0 Å². The van der Waals surface area contributed by atoms with Gasteiger partial charge in [-0.3, -0.25) is 4.79 Å². The SMILES string of the molecule is COc1ccc([C@@H]2CC(=O)C3=C(C2)NC(C)=C(C(=O)OCc2ccccc2)[C@H]3c2cc(Br)c(OC)c(OC)c2)cc1OC. The Bertz CT molecular complexity index is 1610. The minimum atomic E-state index is -0.672. The molecule has 0 aromatic heterocycles. The van der Waals surface area contributed by atoms with Crippen LogP contribution in [0.1, 0.15) is 48.3 Å². The molecule has 1 aliphatic carbocycles. The summed E-state index contributed by atoms with van der Waals surface area (Å²) in [6, 6.07) is 18.9. The van der Waals surface area contributed by atoms with Crippen LogP contribution in [0, 0.1) is 0 Å². The standard InChI is InChI=1S/C34H34BrNO7/c1-19-30(34(38)43-18-20-9-7-6-8-10-20)31(23-13-24(35)33(42-5)29(17-23)41-4)32-25(36-19)14-22(15-26(32)37)21-11-12-27(39-2)28(16-21)40-3/h6-13,16-17,22,31,36H,14-15,18H2,1-5H3/t22-,31+/m0/s1. The summed E-state index contributed by atoms with van der Waals surface area (Å²) in [6.07, 6.45) is 0.845. The van der Waals surface area contributed by atoms with E-state index in [2.05, 4.69) is 21.2 Å². The van der Waals surface area contributed by atoms with Gasteiger partial charge in [-0.1, -0.05) is 36.4 Å². The summed E-state index contributed by atoms with van der Waals surface area (Å²) < 4.78 is 28.5. The van der Waals surface area contributed by atoms with Crippen molar-refractivity contribution in [3.63, 3.8) is 0 Å². The van der Waals surface area contributed by atoms with Crippen LogP contribution >= 0.6 is 15.9 Å². The van der Waals surface area contributed by atoms with E-state index in [-0.39, 0.29) is 24.7 Å². The van der Waals surface area contributed by atoms with Crippen molar-refractivity contribution in [2.24, 2.45) is 0 Å². The van der Waals surface area contributed by atoms with Gasteiger partial charge in [0.15, 0.2) is 28.8 Å². The zero-order valence-electron chi connectivity index (χ0n) is 24.8. The zero-order chi connectivity index (χ0) is 30.7. The van der Waals surface area contributed by atoms with E-state index in [0.29, 0.717) is 56.3 Å². The Morgan fingerprint density at radius 1 is 0.860 bits per heavy atom. The molecule has 2 atom stereocenters. The summed E-state index contributed by atoms with van der Waals surface area (Å²) >= 11 is 3.59. The largest absolute Gasteiger partial charge is 0.493 e. The molecule has 1 heterocycles. The topological polar surface area (TPSA) is 92.3 Å². The van der Waals surface area contributed by atoms with Crippen molar-refractivity contribution in [3.05, 3.63) is 104 Å². The van der Waals surface area contributed by atoms with Crippen LogP contribution in [-0.4, -0.2) is 40.2 Å². The van der Waals surface area contributed by atoms with Crippen molar-refractivity contribution in [2.75, 3.05) is 28.4 Å². The fourth-order valence-electron chi connectivity index (χ4n) is 5.89. The van der Waals surface area contributed by atoms with Gasteiger partial charge in [-0.2, -0.15) is 0 Å². The molecular formula is C34H34BrNO7. The maximum absolute atomic E-state index is 14.1. The number of dihydropyridines is 1. The van der Waals surface area contributed by atoms with E-state index in [1.807, 2.05) is 67.6 Å². The molecule has 43 heavy (non-hydrogen) atoms. The molecule has 0 bridgehead atoms. The summed E-state index contributed by atoms with van der Waals surface area (Å²) in [4.78, 5) is 27.9. The number of ketones is 1. The lowest BCUT2D eigenvalue weighted by atomic mass is 9.71. The second-order valence-corrected chi connectivity index (χ2v) is 11.3. The molecule has 0 amide bonds. The molecule has 3 aromatic carbocycles. The Kier molecular flexibility index (Phi) is 9.11. The van der Waals surface area contributed by atoms with E-state index in [1.165, 1.54) is 0 Å². The van der Waals surface area contributed by atoms with Gasteiger partial charge in [0.1, 0.15) is 6.61 Å². The molecule has 0 saturated heterocycles. The van der Waals surface area contributed by atoms with Crippen LogP contribution in [0.4, 0.5) is 0 Å². The summed E-state index contributed by atoms with van der Waals surface area (Å²) in [7, 11) is 6.30. The molecule has 0 fully saturated rings. The predicted octanol–water partition coefficient (Wildman–Crippen LogP) is 6.59. The lowest BCUT2D eigenvalue weighted by molar-refractivity contribution is -0.140. The average molecular weight is 649 g/mol. The van der Waals surface area contributed by atoms with Gasteiger partial charge in [0, 0.05) is 29.3 Å². The highest BCUT2D eigenvalue weighted by Crippen LogP contribution is 2.49. The van der Waals surface area contributed by atoms with Crippen molar-refractivity contribution in [3.8, 4) is 23.0 Å². The quantitative estimate of drug-likeness (QED) is 0.260. The van der Waals surface area contributed by atoms with Gasteiger partial charge in [0.25, 0.3) is 0 Å². The molecule has 0 saturated carbocycles. The molecule has 5 rings (SSSR count). The molecule has 8 nitrogen and oxygen atoms in total. The van der Waals surface area contributed by atoms with Crippen molar-refractivity contribution in [1.82, 2.24) is 5.32 Å². The zero-order valence-corrected chi connectivity index (χ0v) is 26.4. The first kappa shape index (κ1) is 30.2. The maximum Gasteiger partial charge on any atom is 0.337 e. The summed E-state index contributed by atoms with van der Waals surface area (Å²) in [5.41, 5.74) is 4.90. The molecule has 224 valence electrons. The number of halogens is 1. The number of rotatable bonds is 9. The number of nitrogens with one attached hydrogen (secondary N) is 1. The highest BCUT2D eigenvalue weighted by atomic mass is 79.9. The van der Waals surface area contributed by atoms with Gasteiger partial charge in [-0.25, -0.2) is 4.79 Å². The van der Waals surface area contributed by atoms with Crippen LogP contribution in [0.3, 0.4) is 0 Å². The van der Waals surface area contributed by atoms with Crippen LogP contribution in [0.25, 0.3) is 0 Å². The highest BCUT2D eigenvalue weighted by Gasteiger charge is 2.42. The summed E-state index contributed by atoms with van der Waals surface area (Å²) in [5, 5.41) is 3.41. The summed E-state index contributed by atoms with van der Waals surface area (Å²) in [5.74, 6) is 0.930. The molecule has 9 heteroatoms. The Labute approximate surface area is 259 Å². The minimum Gasteiger partial charge on any atom is -0.493 e. The third-order valence-electron chi connectivity index (χ3n) is 7.93. The fraction of sp³-hybridized carbons (Fsp3) is 0.294. The van der Waals surface area contributed by atoms with Gasteiger partial charge < -0.3 is 29.0 Å². The molecule has 1 N–H and O–H groups in total. The number of carbonyl (C=O) groups is 2. The Morgan fingerprint density at radius 2 is 1.56 bits per heavy atom. The Morgan fingerprint density at radius 3 is 2.23 bits per heavy atom. The van der Waals surface area contributed by atoms with Crippen LogP contribution in [0.15, 0.2) is 87.7 Å². The van der Waals surface area contributed by atoms with Crippen molar-refractivity contribution in [1.29, 1.82) is 0 Å². The predicted molar refractivity (Wildman–Crippen MR) is 166 cm³/mol. The molecule has 0 spiro atoms. The number of hydrogen-bond acceptors (Lipinski definition) is 8. The molecule has 1 aliphatic heterocycles. The van der Waals surface area contributed by atoms with Crippen molar-refractivity contribution < 1.29 is 33.3 Å². The monoisotopic (exact) mass is 647 g/mol. The third-order valence-corrected chi connectivity index (χ3v) is 8.52. The number of Topliss-reactive ketones (excluding diaryl/α,β-unsaturated/α-hetero) is 1. The lowest BCUT2D eigenvalue weighted by Gasteiger charge is -2.37. The summed E-state index contributed by atoms with van der Waals surface area (Å²) in [6.45, 7) is 1.95. The number of allylic oxidation sites excluding steroid dienone is 3. The van der Waals surface area contributed by atoms with E-state index >= 15 is 0 Å². The lowest BCUT2D eigenvalue weighted by Crippen LogP contribution is -2.36. The first-order valence-corrected chi connectivity index (χ1v) is 14.7. The molecule has 3 aromatic rings. The Hall–Kier alpha value is -4.24. The van der Waals surface area contributed by atoms with E-state index in [9.17, 15) is 9.59 Å². The fourth-order valence-corrected chi connectivity index (χ4v) is 6.51. The number of carbonyl (C=O) groups excluding carboxylic acids is 2.